The van der Waals surface area contributed by atoms with Crippen LogP contribution in [0, 0.1) is 0 Å². The smallest absolute Gasteiger partial charge is 0.0916 e. The van der Waals surface area contributed by atoms with Gasteiger partial charge in [0, 0.05) is 19.6 Å². The number of nitrogens with zero attached hydrogens (tertiary/aromatic N) is 2. The zero-order chi connectivity index (χ0) is 14.4. The molecule has 1 saturated heterocycles. The van der Waals surface area contributed by atoms with Crippen molar-refractivity contribution in [3.05, 3.63) is 35.4 Å². The van der Waals surface area contributed by atoms with E-state index in [1.54, 1.807) is 0 Å². The maximum Gasteiger partial charge on any atom is 0.0916 e. The van der Waals surface area contributed by atoms with E-state index in [4.69, 9.17) is 0 Å². The van der Waals surface area contributed by atoms with Crippen LogP contribution in [0.4, 0.5) is 0 Å². The molecule has 2 rings (SSSR count). The molecule has 1 aromatic carbocycles. The molecule has 0 bridgehead atoms. The number of aryl methyl sites for hydroxylation is 1. The van der Waals surface area contributed by atoms with Crippen LogP contribution in [-0.2, 0) is 6.42 Å². The average Bonchev–Trinajstić information content (AvgIpc) is 2.65. The third-order valence-corrected chi connectivity index (χ3v) is 4.15. The summed E-state index contributed by atoms with van der Waals surface area (Å²) in [7, 11) is 2.17. The normalized spacial score (nSPS) is 19.8. The summed E-state index contributed by atoms with van der Waals surface area (Å²) in [4.78, 5) is 4.75. The lowest BCUT2D eigenvalue weighted by Crippen LogP contribution is -2.32. The van der Waals surface area contributed by atoms with Crippen LogP contribution in [0.2, 0.25) is 0 Å². The molecule has 0 radical (unpaired) electrons. The number of hydrogen-bond donors (Lipinski definition) is 1. The summed E-state index contributed by atoms with van der Waals surface area (Å²) in [5, 5.41) is 10.4. The van der Waals surface area contributed by atoms with Gasteiger partial charge in [0.25, 0.3) is 0 Å². The zero-order valence-corrected chi connectivity index (χ0v) is 12.9. The number of benzene rings is 1. The summed E-state index contributed by atoms with van der Waals surface area (Å²) < 4.78 is 0. The Kier molecular flexibility index (Phi) is 6.02. The van der Waals surface area contributed by atoms with Crippen molar-refractivity contribution in [3.63, 3.8) is 0 Å². The van der Waals surface area contributed by atoms with Crippen LogP contribution in [0.3, 0.4) is 0 Å². The first kappa shape index (κ1) is 15.5. The molecule has 0 spiro atoms. The fraction of sp³-hybridized carbons (Fsp3) is 0.647. The number of hydrogen-bond acceptors (Lipinski definition) is 3. The summed E-state index contributed by atoms with van der Waals surface area (Å²) in [6.07, 6.45) is 3.12. The fourth-order valence-electron chi connectivity index (χ4n) is 2.83. The van der Waals surface area contributed by atoms with Crippen molar-refractivity contribution in [1.82, 2.24) is 9.80 Å². The molecule has 1 unspecified atom stereocenters. The Labute approximate surface area is 123 Å². The lowest BCUT2D eigenvalue weighted by molar-refractivity contribution is 0.115. The van der Waals surface area contributed by atoms with Crippen LogP contribution < -0.4 is 0 Å². The van der Waals surface area contributed by atoms with E-state index < -0.39 is 0 Å². The van der Waals surface area contributed by atoms with Crippen molar-refractivity contribution in [1.29, 1.82) is 0 Å². The van der Waals surface area contributed by atoms with E-state index in [2.05, 4.69) is 48.0 Å². The Morgan fingerprint density at radius 2 is 1.85 bits per heavy atom. The van der Waals surface area contributed by atoms with Gasteiger partial charge >= 0.3 is 0 Å². The molecule has 3 nitrogen and oxygen atoms in total. The van der Waals surface area contributed by atoms with Crippen LogP contribution in [0.1, 0.15) is 37.0 Å². The first-order valence-electron chi connectivity index (χ1n) is 7.87. The van der Waals surface area contributed by atoms with Gasteiger partial charge in [0.05, 0.1) is 6.10 Å². The molecule has 112 valence electrons. The van der Waals surface area contributed by atoms with Gasteiger partial charge in [0.15, 0.2) is 0 Å². The predicted octanol–water partition coefficient (Wildman–Crippen LogP) is 2.31. The predicted molar refractivity (Wildman–Crippen MR) is 84.0 cm³/mol. The van der Waals surface area contributed by atoms with E-state index >= 15 is 0 Å². The molecular formula is C17H28N2O. The van der Waals surface area contributed by atoms with Crippen LogP contribution in [0.5, 0.6) is 0 Å². The lowest BCUT2D eigenvalue weighted by atomic mass is 10.0. The molecular weight excluding hydrogens is 248 g/mol. The van der Waals surface area contributed by atoms with Gasteiger partial charge in [-0.3, -0.25) is 4.90 Å². The van der Waals surface area contributed by atoms with Gasteiger partial charge in [-0.05, 0) is 44.1 Å². The summed E-state index contributed by atoms with van der Waals surface area (Å²) in [5.74, 6) is 0. The van der Waals surface area contributed by atoms with E-state index in [9.17, 15) is 5.11 Å². The highest BCUT2D eigenvalue weighted by Gasteiger charge is 2.16. The summed E-state index contributed by atoms with van der Waals surface area (Å²) in [6, 6.07) is 8.47. The Hall–Kier alpha value is -0.900. The lowest BCUT2D eigenvalue weighted by Gasteiger charge is -2.23. The first-order chi connectivity index (χ1) is 9.69. The minimum Gasteiger partial charge on any atom is -0.387 e. The maximum absolute atomic E-state index is 10.4. The topological polar surface area (TPSA) is 26.7 Å². The summed E-state index contributed by atoms with van der Waals surface area (Å²) in [5.41, 5.74) is 2.40. The highest BCUT2D eigenvalue weighted by Crippen LogP contribution is 2.17. The first-order valence-corrected chi connectivity index (χ1v) is 7.87. The molecule has 3 heteroatoms. The van der Waals surface area contributed by atoms with Crippen LogP contribution in [-0.4, -0.2) is 54.7 Å². The Morgan fingerprint density at radius 1 is 1.10 bits per heavy atom. The molecule has 0 amide bonds. The third kappa shape index (κ3) is 4.58. The summed E-state index contributed by atoms with van der Waals surface area (Å²) >= 11 is 0. The molecule has 0 saturated carbocycles. The number of likely N-dealkylation sites (N-methyl/N-ethyl adjacent to an activating group) is 1. The number of aliphatic hydroxyl groups excluding tert-OH is 1. The molecule has 1 fully saturated rings. The van der Waals surface area contributed by atoms with Gasteiger partial charge in [-0.15, -0.1) is 0 Å². The van der Waals surface area contributed by atoms with Crippen molar-refractivity contribution in [2.45, 2.75) is 32.3 Å². The maximum atomic E-state index is 10.4. The zero-order valence-electron chi connectivity index (χ0n) is 12.9. The number of β-amino-alcohol motifs (C(OH)–C–C–N with tert-alkyl or cyclic N) is 1. The minimum absolute atomic E-state index is 0.367. The molecule has 0 aromatic heterocycles. The van der Waals surface area contributed by atoms with Crippen molar-refractivity contribution in [2.24, 2.45) is 0 Å². The summed E-state index contributed by atoms with van der Waals surface area (Å²) in [6.45, 7) is 7.36. The van der Waals surface area contributed by atoms with Crippen molar-refractivity contribution >= 4 is 0 Å². The minimum atomic E-state index is -0.367. The van der Waals surface area contributed by atoms with E-state index in [0.717, 1.165) is 44.7 Å². The Balaban J connectivity index is 1.88. The second-order valence-electron chi connectivity index (χ2n) is 5.96. The molecule has 0 aliphatic carbocycles. The molecule has 1 aromatic rings. The second kappa shape index (κ2) is 7.77. The van der Waals surface area contributed by atoms with Crippen molar-refractivity contribution in [2.75, 3.05) is 39.8 Å². The van der Waals surface area contributed by atoms with Gasteiger partial charge in [-0.25, -0.2) is 0 Å². The van der Waals surface area contributed by atoms with Crippen LogP contribution in [0.25, 0.3) is 0 Å². The highest BCUT2D eigenvalue weighted by molar-refractivity contribution is 5.24. The molecule has 1 aliphatic rings. The van der Waals surface area contributed by atoms with Crippen LogP contribution in [0.15, 0.2) is 24.3 Å². The molecule has 1 atom stereocenters. The van der Waals surface area contributed by atoms with E-state index in [1.807, 2.05) is 0 Å². The molecule has 1 aliphatic heterocycles. The average molecular weight is 276 g/mol. The second-order valence-corrected chi connectivity index (χ2v) is 5.96. The van der Waals surface area contributed by atoms with Gasteiger partial charge < -0.3 is 10.0 Å². The van der Waals surface area contributed by atoms with Gasteiger partial charge in [0.2, 0.25) is 0 Å². The largest absolute Gasteiger partial charge is 0.387 e. The van der Waals surface area contributed by atoms with E-state index in [1.165, 1.54) is 18.4 Å². The van der Waals surface area contributed by atoms with Gasteiger partial charge in [-0.2, -0.15) is 0 Å². The standard InChI is InChI=1S/C17H28N2O/c1-3-5-15-6-8-16(9-7-15)17(20)14-19-11-4-10-18(2)12-13-19/h6-9,17,20H,3-5,10-14H2,1-2H3. The fourth-order valence-corrected chi connectivity index (χ4v) is 2.83. The van der Waals surface area contributed by atoms with Gasteiger partial charge in [-0.1, -0.05) is 37.6 Å². The quantitative estimate of drug-likeness (QED) is 0.894. The Bertz CT molecular complexity index is 390. The third-order valence-electron chi connectivity index (χ3n) is 4.15. The van der Waals surface area contributed by atoms with E-state index in [-0.39, 0.29) is 6.10 Å². The monoisotopic (exact) mass is 276 g/mol. The van der Waals surface area contributed by atoms with Crippen molar-refractivity contribution in [3.8, 4) is 0 Å². The highest BCUT2D eigenvalue weighted by atomic mass is 16.3. The van der Waals surface area contributed by atoms with Gasteiger partial charge in [0.1, 0.15) is 0 Å². The number of rotatable bonds is 5. The van der Waals surface area contributed by atoms with Crippen LogP contribution >= 0.6 is 0 Å². The molecule has 20 heavy (non-hydrogen) atoms. The molecule has 1 heterocycles. The van der Waals surface area contributed by atoms with Crippen molar-refractivity contribution < 1.29 is 5.11 Å². The number of aliphatic hydroxyl groups is 1. The molecule has 1 N–H and O–H groups in total. The Morgan fingerprint density at radius 3 is 2.55 bits per heavy atom. The van der Waals surface area contributed by atoms with E-state index in [0.29, 0.717) is 0 Å². The SMILES string of the molecule is CCCc1ccc(C(O)CN2CCCN(C)CC2)cc1.